The molecule has 1 fully saturated rings. The van der Waals surface area contributed by atoms with Crippen molar-refractivity contribution < 1.29 is 14.3 Å². The summed E-state index contributed by atoms with van der Waals surface area (Å²) in [4.78, 5) is 16.2. The molecule has 7 heteroatoms. The number of likely N-dealkylation sites (N-methyl/N-ethyl adjacent to an activating group) is 1. The third-order valence-corrected chi connectivity index (χ3v) is 4.21. The zero-order valence-electron chi connectivity index (χ0n) is 16.6. The minimum atomic E-state index is -0.0565. The maximum atomic E-state index is 11.6. The maximum absolute atomic E-state index is 11.6. The molecule has 1 atom stereocenters. The highest BCUT2D eigenvalue weighted by Gasteiger charge is 2.17. The number of hydrogen-bond donors (Lipinski definition) is 3. The Bertz CT molecular complexity index is 628. The van der Waals surface area contributed by atoms with E-state index in [4.69, 9.17) is 9.47 Å². The monoisotopic (exact) mass is 376 g/mol. The van der Waals surface area contributed by atoms with Gasteiger partial charge in [0.1, 0.15) is 12.4 Å². The van der Waals surface area contributed by atoms with Gasteiger partial charge in [-0.15, -0.1) is 0 Å². The average molecular weight is 377 g/mol. The summed E-state index contributed by atoms with van der Waals surface area (Å²) in [5, 5.41) is 8.96. The largest absolute Gasteiger partial charge is 0.491 e. The molecule has 1 amide bonds. The van der Waals surface area contributed by atoms with Crippen LogP contribution in [0.5, 0.6) is 5.75 Å². The van der Waals surface area contributed by atoms with E-state index >= 15 is 0 Å². The summed E-state index contributed by atoms with van der Waals surface area (Å²) in [5.74, 6) is 1.39. The normalized spacial score (nSPS) is 16.9. The second-order valence-corrected chi connectivity index (χ2v) is 6.56. The number of aryl methyl sites for hydroxylation is 1. The van der Waals surface area contributed by atoms with Gasteiger partial charge in [0.25, 0.3) is 0 Å². The van der Waals surface area contributed by atoms with E-state index in [0.717, 1.165) is 42.9 Å². The summed E-state index contributed by atoms with van der Waals surface area (Å²) in [6.45, 7) is 9.31. The van der Waals surface area contributed by atoms with E-state index in [1.807, 2.05) is 32.9 Å². The van der Waals surface area contributed by atoms with Gasteiger partial charge in [-0.1, -0.05) is 12.1 Å². The Balaban J connectivity index is 1.99. The number of carbonyl (C=O) groups is 1. The van der Waals surface area contributed by atoms with Gasteiger partial charge in [0.15, 0.2) is 5.96 Å². The van der Waals surface area contributed by atoms with E-state index in [1.165, 1.54) is 0 Å². The lowest BCUT2D eigenvalue weighted by Crippen LogP contribution is -2.43. The molecule has 1 aliphatic rings. The van der Waals surface area contributed by atoms with Crippen LogP contribution in [0.4, 0.5) is 0 Å². The summed E-state index contributed by atoms with van der Waals surface area (Å²) >= 11 is 0. The molecule has 150 valence electrons. The molecule has 1 aliphatic heterocycles. The Morgan fingerprint density at radius 2 is 2.07 bits per heavy atom. The minimum Gasteiger partial charge on any atom is -0.491 e. The van der Waals surface area contributed by atoms with Crippen molar-refractivity contribution in [3.63, 3.8) is 0 Å². The molecule has 27 heavy (non-hydrogen) atoms. The fraction of sp³-hybridized carbons (Fsp3) is 0.600. The molecule has 0 radical (unpaired) electrons. The maximum Gasteiger partial charge on any atom is 0.239 e. The number of nitrogens with one attached hydrogen (secondary N) is 3. The van der Waals surface area contributed by atoms with Gasteiger partial charge < -0.3 is 25.4 Å². The SMILES string of the molecule is CCNC(=O)CNC(=NCc1ccc(C)cc1OCC1CCCO1)NCC. The summed E-state index contributed by atoms with van der Waals surface area (Å²) in [6.07, 6.45) is 2.33. The predicted octanol–water partition coefficient (Wildman–Crippen LogP) is 1.74. The Morgan fingerprint density at radius 1 is 1.26 bits per heavy atom. The minimum absolute atomic E-state index is 0.0565. The second kappa shape index (κ2) is 11.4. The molecule has 1 heterocycles. The van der Waals surface area contributed by atoms with Gasteiger partial charge in [-0.2, -0.15) is 0 Å². The van der Waals surface area contributed by atoms with Crippen LogP contribution < -0.4 is 20.7 Å². The number of ether oxygens (including phenoxy) is 2. The Labute approximate surface area is 161 Å². The molecule has 1 saturated heterocycles. The quantitative estimate of drug-likeness (QED) is 0.452. The Kier molecular flexibility index (Phi) is 8.91. The molecule has 1 unspecified atom stereocenters. The molecule has 0 bridgehead atoms. The van der Waals surface area contributed by atoms with Crippen LogP contribution in [0.3, 0.4) is 0 Å². The van der Waals surface area contributed by atoms with Gasteiger partial charge in [-0.25, -0.2) is 4.99 Å². The number of aliphatic imine (C=N–C) groups is 1. The third-order valence-electron chi connectivity index (χ3n) is 4.21. The van der Waals surface area contributed by atoms with Crippen molar-refractivity contribution in [2.45, 2.75) is 46.3 Å². The van der Waals surface area contributed by atoms with Crippen LogP contribution in [0.15, 0.2) is 23.2 Å². The Hall–Kier alpha value is -2.28. The molecule has 1 aromatic rings. The molecule has 2 rings (SSSR count). The van der Waals surface area contributed by atoms with Gasteiger partial charge in [0, 0.05) is 25.3 Å². The van der Waals surface area contributed by atoms with Crippen LogP contribution >= 0.6 is 0 Å². The van der Waals surface area contributed by atoms with E-state index in [1.54, 1.807) is 0 Å². The van der Waals surface area contributed by atoms with Crippen LogP contribution in [-0.2, 0) is 16.1 Å². The number of benzene rings is 1. The van der Waals surface area contributed by atoms with Crippen LogP contribution in [-0.4, -0.2) is 50.8 Å². The average Bonchev–Trinajstić information content (AvgIpc) is 3.17. The molecule has 0 aliphatic carbocycles. The summed E-state index contributed by atoms with van der Waals surface area (Å²) in [6, 6.07) is 6.13. The van der Waals surface area contributed by atoms with E-state index < -0.39 is 0 Å². The van der Waals surface area contributed by atoms with Crippen molar-refractivity contribution in [1.82, 2.24) is 16.0 Å². The predicted molar refractivity (Wildman–Crippen MR) is 107 cm³/mol. The highest BCUT2D eigenvalue weighted by molar-refractivity contribution is 5.86. The van der Waals surface area contributed by atoms with Crippen molar-refractivity contribution >= 4 is 11.9 Å². The first-order valence-electron chi connectivity index (χ1n) is 9.75. The van der Waals surface area contributed by atoms with Crippen LogP contribution in [0.1, 0.15) is 37.8 Å². The number of carbonyl (C=O) groups excluding carboxylic acids is 1. The fourth-order valence-corrected chi connectivity index (χ4v) is 2.81. The van der Waals surface area contributed by atoms with Crippen molar-refractivity contribution in [3.8, 4) is 5.75 Å². The number of nitrogens with zero attached hydrogens (tertiary/aromatic N) is 1. The molecule has 1 aromatic carbocycles. The van der Waals surface area contributed by atoms with Gasteiger partial charge in [0.05, 0.1) is 19.2 Å². The molecule has 7 nitrogen and oxygen atoms in total. The lowest BCUT2D eigenvalue weighted by Gasteiger charge is -2.15. The summed E-state index contributed by atoms with van der Waals surface area (Å²) < 4.78 is 11.7. The van der Waals surface area contributed by atoms with E-state index in [9.17, 15) is 4.79 Å². The van der Waals surface area contributed by atoms with Gasteiger partial charge in [-0.05, 0) is 45.2 Å². The standard InChI is InChI=1S/C20H32N4O3/c1-4-21-19(25)13-24-20(22-5-2)23-12-16-9-8-15(3)11-18(16)27-14-17-7-6-10-26-17/h8-9,11,17H,4-7,10,12-14H2,1-3H3,(H,21,25)(H2,22,23,24). The third kappa shape index (κ3) is 7.46. The van der Waals surface area contributed by atoms with Gasteiger partial charge >= 0.3 is 0 Å². The van der Waals surface area contributed by atoms with Crippen LogP contribution in [0.25, 0.3) is 0 Å². The zero-order chi connectivity index (χ0) is 19.5. The van der Waals surface area contributed by atoms with Crippen molar-refractivity contribution in [2.75, 3.05) is 32.8 Å². The van der Waals surface area contributed by atoms with Crippen molar-refractivity contribution in [1.29, 1.82) is 0 Å². The molecular formula is C20H32N4O3. The number of hydrogen-bond acceptors (Lipinski definition) is 4. The van der Waals surface area contributed by atoms with Crippen LogP contribution in [0.2, 0.25) is 0 Å². The first-order valence-corrected chi connectivity index (χ1v) is 9.75. The van der Waals surface area contributed by atoms with Gasteiger partial charge in [-0.3, -0.25) is 4.79 Å². The topological polar surface area (TPSA) is 84.0 Å². The van der Waals surface area contributed by atoms with Crippen molar-refractivity contribution in [3.05, 3.63) is 29.3 Å². The molecule has 0 saturated carbocycles. The summed E-state index contributed by atoms with van der Waals surface area (Å²) in [5.41, 5.74) is 2.15. The molecular weight excluding hydrogens is 344 g/mol. The highest BCUT2D eigenvalue weighted by Crippen LogP contribution is 2.23. The first-order chi connectivity index (χ1) is 13.1. The smallest absolute Gasteiger partial charge is 0.239 e. The zero-order valence-corrected chi connectivity index (χ0v) is 16.6. The molecule has 0 spiro atoms. The lowest BCUT2D eigenvalue weighted by molar-refractivity contribution is -0.119. The fourth-order valence-electron chi connectivity index (χ4n) is 2.81. The first kappa shape index (κ1) is 21.0. The van der Waals surface area contributed by atoms with Crippen LogP contribution in [0, 0.1) is 6.92 Å². The van der Waals surface area contributed by atoms with E-state index in [2.05, 4.69) is 27.0 Å². The second-order valence-electron chi connectivity index (χ2n) is 6.56. The molecule has 0 aromatic heterocycles. The van der Waals surface area contributed by atoms with Crippen molar-refractivity contribution in [2.24, 2.45) is 4.99 Å². The summed E-state index contributed by atoms with van der Waals surface area (Å²) in [7, 11) is 0. The molecule has 3 N–H and O–H groups in total. The number of guanidine groups is 1. The van der Waals surface area contributed by atoms with E-state index in [-0.39, 0.29) is 18.6 Å². The number of amides is 1. The number of rotatable bonds is 9. The van der Waals surface area contributed by atoms with Gasteiger partial charge in [0.2, 0.25) is 5.91 Å². The highest BCUT2D eigenvalue weighted by atomic mass is 16.5. The van der Waals surface area contributed by atoms with E-state index in [0.29, 0.717) is 25.7 Å². The lowest BCUT2D eigenvalue weighted by atomic mass is 10.1. The Morgan fingerprint density at radius 3 is 2.78 bits per heavy atom.